The predicted octanol–water partition coefficient (Wildman–Crippen LogP) is 2.22. The number of fused-ring (bicyclic) bond motifs is 1. The van der Waals surface area contributed by atoms with Crippen LogP contribution in [0.4, 0.5) is 0 Å². The molecular formula is C16H19ClN6O. The summed E-state index contributed by atoms with van der Waals surface area (Å²) in [6, 6.07) is 1.90. The molecule has 4 heterocycles. The number of hydrogen-bond acceptors (Lipinski definition) is 6. The summed E-state index contributed by atoms with van der Waals surface area (Å²) in [5.74, 6) is 1.05. The van der Waals surface area contributed by atoms with Crippen LogP contribution < -0.4 is 10.1 Å². The van der Waals surface area contributed by atoms with E-state index in [0.717, 1.165) is 29.9 Å². The Hall–Kier alpha value is -2.25. The lowest BCUT2D eigenvalue weighted by atomic mass is 10.0. The van der Waals surface area contributed by atoms with Crippen molar-refractivity contribution in [3.8, 4) is 17.1 Å². The fraction of sp³-hybridized carbons (Fsp3) is 0.375. The highest BCUT2D eigenvalue weighted by molar-refractivity contribution is 5.85. The van der Waals surface area contributed by atoms with E-state index in [2.05, 4.69) is 30.5 Å². The monoisotopic (exact) mass is 346 g/mol. The Morgan fingerprint density at radius 2 is 2.17 bits per heavy atom. The van der Waals surface area contributed by atoms with Crippen molar-refractivity contribution < 1.29 is 4.74 Å². The van der Waals surface area contributed by atoms with Crippen LogP contribution in [0.1, 0.15) is 12.8 Å². The molecule has 0 aliphatic carbocycles. The van der Waals surface area contributed by atoms with Crippen molar-refractivity contribution in [2.75, 3.05) is 19.7 Å². The minimum atomic E-state index is 0. The van der Waals surface area contributed by atoms with Crippen LogP contribution in [0.15, 0.2) is 30.9 Å². The number of aromatic nitrogens is 5. The van der Waals surface area contributed by atoms with Gasteiger partial charge in [0.2, 0.25) is 5.88 Å². The molecule has 126 valence electrons. The summed E-state index contributed by atoms with van der Waals surface area (Å²) >= 11 is 0. The van der Waals surface area contributed by atoms with Gasteiger partial charge in [0.05, 0.1) is 24.0 Å². The molecular weight excluding hydrogens is 328 g/mol. The molecule has 3 aromatic rings. The quantitative estimate of drug-likeness (QED) is 0.753. The maximum atomic E-state index is 6.01. The minimum Gasteiger partial charge on any atom is -0.476 e. The van der Waals surface area contributed by atoms with Gasteiger partial charge in [0, 0.05) is 36.6 Å². The largest absolute Gasteiger partial charge is 0.476 e. The van der Waals surface area contributed by atoms with Crippen molar-refractivity contribution in [3.63, 3.8) is 0 Å². The van der Waals surface area contributed by atoms with Crippen molar-refractivity contribution in [2.45, 2.75) is 12.8 Å². The third kappa shape index (κ3) is 3.47. The lowest BCUT2D eigenvalue weighted by Gasteiger charge is -2.22. The van der Waals surface area contributed by atoms with E-state index < -0.39 is 0 Å². The summed E-state index contributed by atoms with van der Waals surface area (Å²) in [5.41, 5.74) is 3.16. The van der Waals surface area contributed by atoms with E-state index in [1.807, 2.05) is 6.07 Å². The van der Waals surface area contributed by atoms with Gasteiger partial charge in [0.25, 0.3) is 0 Å². The second kappa shape index (κ2) is 7.55. The summed E-state index contributed by atoms with van der Waals surface area (Å²) in [4.78, 5) is 13.4. The molecule has 0 aromatic carbocycles. The molecule has 0 saturated carbocycles. The third-order valence-corrected chi connectivity index (χ3v) is 4.07. The Morgan fingerprint density at radius 3 is 2.96 bits per heavy atom. The first-order valence-corrected chi connectivity index (χ1v) is 7.84. The van der Waals surface area contributed by atoms with Crippen molar-refractivity contribution in [2.24, 2.45) is 5.92 Å². The van der Waals surface area contributed by atoms with Crippen LogP contribution in [0.5, 0.6) is 5.88 Å². The Labute approximate surface area is 145 Å². The van der Waals surface area contributed by atoms with Gasteiger partial charge in [0.1, 0.15) is 0 Å². The van der Waals surface area contributed by atoms with Crippen LogP contribution in [-0.4, -0.2) is 44.8 Å². The number of piperidine rings is 1. The molecule has 2 N–H and O–H groups in total. The zero-order valence-corrected chi connectivity index (χ0v) is 13.9. The highest BCUT2D eigenvalue weighted by Crippen LogP contribution is 2.26. The normalized spacial score (nSPS) is 17.4. The molecule has 0 amide bonds. The van der Waals surface area contributed by atoms with Crippen LogP contribution >= 0.6 is 12.4 Å². The zero-order chi connectivity index (χ0) is 15.5. The highest BCUT2D eigenvalue weighted by atomic mass is 35.5. The van der Waals surface area contributed by atoms with Gasteiger partial charge in [-0.2, -0.15) is 5.10 Å². The first-order chi connectivity index (χ1) is 11.4. The van der Waals surface area contributed by atoms with Gasteiger partial charge in [-0.1, -0.05) is 0 Å². The molecule has 0 bridgehead atoms. The molecule has 1 aliphatic rings. The maximum absolute atomic E-state index is 6.01. The van der Waals surface area contributed by atoms with Crippen LogP contribution in [0, 0.1) is 5.92 Å². The van der Waals surface area contributed by atoms with Crippen LogP contribution in [0.25, 0.3) is 22.3 Å². The second-order valence-electron chi connectivity index (χ2n) is 5.75. The Balaban J connectivity index is 0.00000169. The summed E-state index contributed by atoms with van der Waals surface area (Å²) in [5, 5.41) is 10.2. The summed E-state index contributed by atoms with van der Waals surface area (Å²) in [7, 11) is 0. The van der Waals surface area contributed by atoms with E-state index in [1.54, 1.807) is 24.8 Å². The molecule has 0 radical (unpaired) electrons. The zero-order valence-electron chi connectivity index (χ0n) is 13.1. The van der Waals surface area contributed by atoms with Gasteiger partial charge in [-0.15, -0.1) is 12.4 Å². The van der Waals surface area contributed by atoms with Gasteiger partial charge < -0.3 is 10.1 Å². The van der Waals surface area contributed by atoms with Crippen LogP contribution in [-0.2, 0) is 0 Å². The molecule has 1 atom stereocenters. The number of aromatic amines is 1. The maximum Gasteiger partial charge on any atom is 0.242 e. The predicted molar refractivity (Wildman–Crippen MR) is 93.3 cm³/mol. The molecule has 3 aromatic heterocycles. The standard InChI is InChI=1S/C16H18N6O.ClH/c1-2-11(7-17-3-1)10-23-16-15-14(18-4-5-19-15)6-13(22-16)12-8-20-21-9-12;/h4-6,8-9,11,17H,1-3,7,10H2,(H,20,21);1H/t11-;/m0./s1. The molecule has 0 spiro atoms. The molecule has 8 heteroatoms. The molecule has 0 unspecified atom stereocenters. The van der Waals surface area contributed by atoms with E-state index in [0.29, 0.717) is 23.9 Å². The number of rotatable bonds is 4. The van der Waals surface area contributed by atoms with Crippen molar-refractivity contribution in [3.05, 3.63) is 30.9 Å². The second-order valence-corrected chi connectivity index (χ2v) is 5.75. The number of ether oxygens (including phenoxy) is 1. The number of nitrogens with zero attached hydrogens (tertiary/aromatic N) is 4. The van der Waals surface area contributed by atoms with E-state index in [4.69, 9.17) is 4.74 Å². The number of nitrogens with one attached hydrogen (secondary N) is 2. The van der Waals surface area contributed by atoms with Gasteiger partial charge >= 0.3 is 0 Å². The third-order valence-electron chi connectivity index (χ3n) is 4.07. The van der Waals surface area contributed by atoms with Crippen molar-refractivity contribution in [1.82, 2.24) is 30.5 Å². The lowest BCUT2D eigenvalue weighted by molar-refractivity contribution is 0.214. The van der Waals surface area contributed by atoms with Gasteiger partial charge in [-0.05, 0) is 25.5 Å². The molecule has 1 fully saturated rings. The van der Waals surface area contributed by atoms with Gasteiger partial charge in [-0.3, -0.25) is 10.1 Å². The van der Waals surface area contributed by atoms with E-state index in [1.165, 1.54) is 12.8 Å². The molecule has 1 aliphatic heterocycles. The van der Waals surface area contributed by atoms with Crippen molar-refractivity contribution in [1.29, 1.82) is 0 Å². The average molecular weight is 347 g/mol. The smallest absolute Gasteiger partial charge is 0.242 e. The molecule has 7 nitrogen and oxygen atoms in total. The molecule has 24 heavy (non-hydrogen) atoms. The Kier molecular flexibility index (Phi) is 5.22. The number of H-pyrrole nitrogens is 1. The molecule has 4 rings (SSSR count). The van der Waals surface area contributed by atoms with Gasteiger partial charge in [0.15, 0.2) is 5.52 Å². The Morgan fingerprint density at radius 1 is 1.25 bits per heavy atom. The first kappa shape index (κ1) is 16.6. The summed E-state index contributed by atoms with van der Waals surface area (Å²) in [6.07, 6.45) is 9.25. The Bertz CT molecular complexity index is 788. The first-order valence-electron chi connectivity index (χ1n) is 7.84. The number of hydrogen-bond donors (Lipinski definition) is 2. The van der Waals surface area contributed by atoms with Gasteiger partial charge in [-0.25, -0.2) is 9.97 Å². The summed E-state index contributed by atoms with van der Waals surface area (Å²) < 4.78 is 6.01. The number of pyridine rings is 1. The van der Waals surface area contributed by atoms with Crippen molar-refractivity contribution >= 4 is 23.4 Å². The summed E-state index contributed by atoms with van der Waals surface area (Å²) in [6.45, 7) is 2.73. The van der Waals surface area contributed by atoms with E-state index in [9.17, 15) is 0 Å². The fourth-order valence-corrected chi connectivity index (χ4v) is 2.85. The van der Waals surface area contributed by atoms with Crippen LogP contribution in [0.2, 0.25) is 0 Å². The highest BCUT2D eigenvalue weighted by Gasteiger charge is 2.16. The van der Waals surface area contributed by atoms with E-state index >= 15 is 0 Å². The minimum absolute atomic E-state index is 0. The fourth-order valence-electron chi connectivity index (χ4n) is 2.85. The lowest BCUT2D eigenvalue weighted by Crippen LogP contribution is -2.33. The topological polar surface area (TPSA) is 88.6 Å². The van der Waals surface area contributed by atoms with Crippen LogP contribution in [0.3, 0.4) is 0 Å². The number of halogens is 1. The SMILES string of the molecule is Cl.c1cnc2c(OC[C@H]3CCCNC3)nc(-c3cn[nH]c3)cc2n1. The average Bonchev–Trinajstić information content (AvgIpc) is 3.15. The molecule has 1 saturated heterocycles. The van der Waals surface area contributed by atoms with E-state index in [-0.39, 0.29) is 12.4 Å².